The number of hydrogen-bond acceptors (Lipinski definition) is 4. The van der Waals surface area contributed by atoms with E-state index in [9.17, 15) is 0 Å². The number of nitrogens with zero attached hydrogens (tertiary/aromatic N) is 2. The Balaban J connectivity index is 1.84. The normalized spacial score (nSPS) is 23.2. The van der Waals surface area contributed by atoms with Crippen molar-refractivity contribution < 1.29 is 0 Å². The molecular formula is C15H27N3S. The Labute approximate surface area is 121 Å². The van der Waals surface area contributed by atoms with Gasteiger partial charge in [-0.15, -0.1) is 11.3 Å². The third-order valence-corrected chi connectivity index (χ3v) is 4.84. The van der Waals surface area contributed by atoms with E-state index < -0.39 is 0 Å². The summed E-state index contributed by atoms with van der Waals surface area (Å²) in [6.07, 6.45) is 8.23. The quantitative estimate of drug-likeness (QED) is 0.865. The number of nitrogens with one attached hydrogen (secondary N) is 1. The fourth-order valence-electron chi connectivity index (χ4n) is 2.92. The highest BCUT2D eigenvalue weighted by atomic mass is 32.1. The first-order chi connectivity index (χ1) is 9.33. The van der Waals surface area contributed by atoms with Crippen LogP contribution in [0.1, 0.15) is 57.0 Å². The van der Waals surface area contributed by atoms with E-state index in [4.69, 9.17) is 0 Å². The molecule has 2 atom stereocenters. The van der Waals surface area contributed by atoms with Gasteiger partial charge < -0.3 is 10.2 Å². The second-order valence-electron chi connectivity index (χ2n) is 5.47. The molecule has 1 aliphatic rings. The van der Waals surface area contributed by atoms with E-state index in [2.05, 4.69) is 34.4 Å². The molecular weight excluding hydrogens is 254 g/mol. The summed E-state index contributed by atoms with van der Waals surface area (Å²) in [5, 5.41) is 7.16. The lowest BCUT2D eigenvalue weighted by molar-refractivity contribution is 0.281. The molecule has 0 bridgehead atoms. The first kappa shape index (κ1) is 14.9. The molecule has 4 heteroatoms. The van der Waals surface area contributed by atoms with Crippen molar-refractivity contribution in [2.45, 2.75) is 58.0 Å². The molecule has 2 rings (SSSR count). The van der Waals surface area contributed by atoms with E-state index in [1.54, 1.807) is 11.3 Å². The largest absolute Gasteiger partial charge is 0.305 e. The Morgan fingerprint density at radius 1 is 1.42 bits per heavy atom. The van der Waals surface area contributed by atoms with Crippen molar-refractivity contribution in [1.29, 1.82) is 0 Å². The van der Waals surface area contributed by atoms with Crippen LogP contribution in [-0.4, -0.2) is 35.6 Å². The van der Waals surface area contributed by atoms with Crippen molar-refractivity contribution in [3.05, 3.63) is 16.6 Å². The van der Waals surface area contributed by atoms with Crippen molar-refractivity contribution in [2.75, 3.05) is 19.6 Å². The predicted octanol–water partition coefficient (Wildman–Crippen LogP) is 3.45. The zero-order valence-electron chi connectivity index (χ0n) is 12.3. The van der Waals surface area contributed by atoms with Crippen molar-refractivity contribution >= 4 is 11.3 Å². The minimum absolute atomic E-state index is 0.447. The second kappa shape index (κ2) is 7.98. The lowest BCUT2D eigenvalue weighted by Gasteiger charge is -2.23. The molecule has 0 radical (unpaired) electrons. The van der Waals surface area contributed by atoms with Crippen LogP contribution in [0.4, 0.5) is 0 Å². The van der Waals surface area contributed by atoms with Gasteiger partial charge in [-0.1, -0.05) is 13.8 Å². The van der Waals surface area contributed by atoms with Gasteiger partial charge >= 0.3 is 0 Å². The molecule has 3 nitrogen and oxygen atoms in total. The average molecular weight is 281 g/mol. The van der Waals surface area contributed by atoms with Crippen LogP contribution < -0.4 is 5.32 Å². The van der Waals surface area contributed by atoms with Crippen molar-refractivity contribution in [2.24, 2.45) is 0 Å². The van der Waals surface area contributed by atoms with E-state index in [0.29, 0.717) is 12.1 Å². The van der Waals surface area contributed by atoms with Crippen LogP contribution in [0.2, 0.25) is 0 Å². The lowest BCUT2D eigenvalue weighted by Crippen LogP contribution is -2.34. The van der Waals surface area contributed by atoms with Crippen LogP contribution in [0, 0.1) is 0 Å². The molecule has 0 aromatic carbocycles. The SMILES string of the molecule is CCCN1CCCC(NC(CC)c2nccs2)CC1. The standard InChI is InChI=1S/C15H27N3S/c1-3-9-18-10-5-6-13(7-11-18)17-14(4-2)15-16-8-12-19-15/h8,12-14,17H,3-7,9-11H2,1-2H3. The Morgan fingerprint density at radius 3 is 3.00 bits per heavy atom. The molecule has 2 unspecified atom stereocenters. The van der Waals surface area contributed by atoms with Crippen LogP contribution in [0.15, 0.2) is 11.6 Å². The van der Waals surface area contributed by atoms with Gasteiger partial charge in [-0.2, -0.15) is 0 Å². The van der Waals surface area contributed by atoms with Gasteiger partial charge in [0, 0.05) is 17.6 Å². The van der Waals surface area contributed by atoms with Gasteiger partial charge in [0.1, 0.15) is 5.01 Å². The average Bonchev–Trinajstić information content (AvgIpc) is 2.86. The molecule has 1 aromatic heterocycles. The number of hydrogen-bond donors (Lipinski definition) is 1. The summed E-state index contributed by atoms with van der Waals surface area (Å²) in [6.45, 7) is 8.31. The minimum Gasteiger partial charge on any atom is -0.305 e. The molecule has 1 saturated heterocycles. The highest BCUT2D eigenvalue weighted by Gasteiger charge is 2.20. The van der Waals surface area contributed by atoms with Gasteiger partial charge in [0.15, 0.2) is 0 Å². The fourth-order valence-corrected chi connectivity index (χ4v) is 3.70. The number of thiazole rings is 1. The fraction of sp³-hybridized carbons (Fsp3) is 0.800. The van der Waals surface area contributed by atoms with Crippen LogP contribution in [-0.2, 0) is 0 Å². The van der Waals surface area contributed by atoms with Gasteiger partial charge in [-0.25, -0.2) is 4.98 Å². The van der Waals surface area contributed by atoms with Crippen molar-refractivity contribution in [1.82, 2.24) is 15.2 Å². The Kier molecular flexibility index (Phi) is 6.28. The van der Waals surface area contributed by atoms with Gasteiger partial charge in [0.05, 0.1) is 6.04 Å². The van der Waals surface area contributed by atoms with Crippen LogP contribution in [0.25, 0.3) is 0 Å². The Hall–Kier alpha value is -0.450. The minimum atomic E-state index is 0.447. The summed E-state index contributed by atoms with van der Waals surface area (Å²) in [6, 6.07) is 1.11. The second-order valence-corrected chi connectivity index (χ2v) is 6.39. The van der Waals surface area contributed by atoms with Crippen molar-refractivity contribution in [3.63, 3.8) is 0 Å². The summed E-state index contributed by atoms with van der Waals surface area (Å²) < 4.78 is 0. The summed E-state index contributed by atoms with van der Waals surface area (Å²) in [5.41, 5.74) is 0. The zero-order chi connectivity index (χ0) is 13.5. The zero-order valence-corrected chi connectivity index (χ0v) is 13.1. The van der Waals surface area contributed by atoms with Crippen LogP contribution >= 0.6 is 11.3 Å². The number of rotatable bonds is 6. The van der Waals surface area contributed by atoms with Gasteiger partial charge in [-0.05, 0) is 51.7 Å². The molecule has 1 N–H and O–H groups in total. The van der Waals surface area contributed by atoms with Gasteiger partial charge in [-0.3, -0.25) is 0 Å². The Bertz CT molecular complexity index is 339. The molecule has 0 aliphatic carbocycles. The molecule has 1 fully saturated rings. The molecule has 1 aliphatic heterocycles. The molecule has 0 spiro atoms. The maximum atomic E-state index is 4.47. The highest BCUT2D eigenvalue weighted by molar-refractivity contribution is 7.09. The summed E-state index contributed by atoms with van der Waals surface area (Å²) in [7, 11) is 0. The molecule has 2 heterocycles. The molecule has 0 amide bonds. The third kappa shape index (κ3) is 4.55. The van der Waals surface area contributed by atoms with E-state index >= 15 is 0 Å². The third-order valence-electron chi connectivity index (χ3n) is 3.96. The smallest absolute Gasteiger partial charge is 0.109 e. The topological polar surface area (TPSA) is 28.2 Å². The number of aromatic nitrogens is 1. The summed E-state index contributed by atoms with van der Waals surface area (Å²) >= 11 is 1.77. The molecule has 19 heavy (non-hydrogen) atoms. The van der Waals surface area contributed by atoms with E-state index in [1.165, 1.54) is 50.3 Å². The van der Waals surface area contributed by atoms with Crippen LogP contribution in [0.5, 0.6) is 0 Å². The monoisotopic (exact) mass is 281 g/mol. The van der Waals surface area contributed by atoms with Crippen LogP contribution in [0.3, 0.4) is 0 Å². The highest BCUT2D eigenvalue weighted by Crippen LogP contribution is 2.22. The molecule has 108 valence electrons. The number of likely N-dealkylation sites (tertiary alicyclic amines) is 1. The summed E-state index contributed by atoms with van der Waals surface area (Å²) in [4.78, 5) is 7.08. The predicted molar refractivity (Wildman–Crippen MR) is 82.7 cm³/mol. The van der Waals surface area contributed by atoms with Gasteiger partial charge in [0.25, 0.3) is 0 Å². The first-order valence-corrected chi connectivity index (χ1v) is 8.59. The van der Waals surface area contributed by atoms with E-state index in [-0.39, 0.29) is 0 Å². The maximum Gasteiger partial charge on any atom is 0.109 e. The van der Waals surface area contributed by atoms with E-state index in [0.717, 1.165) is 6.42 Å². The van der Waals surface area contributed by atoms with E-state index in [1.807, 2.05) is 6.20 Å². The van der Waals surface area contributed by atoms with Crippen molar-refractivity contribution in [3.8, 4) is 0 Å². The molecule has 1 aromatic rings. The summed E-state index contributed by atoms with van der Waals surface area (Å²) in [5.74, 6) is 0. The maximum absolute atomic E-state index is 4.47. The lowest BCUT2D eigenvalue weighted by atomic mass is 10.1. The van der Waals surface area contributed by atoms with Gasteiger partial charge in [0.2, 0.25) is 0 Å². The Morgan fingerprint density at radius 2 is 2.32 bits per heavy atom. The molecule has 0 saturated carbocycles. The first-order valence-electron chi connectivity index (χ1n) is 7.71.